The van der Waals surface area contributed by atoms with Crippen molar-refractivity contribution in [2.75, 3.05) is 25.0 Å². The monoisotopic (exact) mass is 334 g/mol. The Bertz CT molecular complexity index is 541. The lowest BCUT2D eigenvalue weighted by atomic mass is 10.2. The molecule has 0 unspecified atom stereocenters. The van der Waals surface area contributed by atoms with Crippen LogP contribution in [0.1, 0.15) is 58.4 Å². The second-order valence-corrected chi connectivity index (χ2v) is 7.08. The molecular formula is C18H30N4O2. The Morgan fingerprint density at radius 3 is 2.96 bits per heavy atom. The second kappa shape index (κ2) is 8.01. The van der Waals surface area contributed by atoms with Gasteiger partial charge in [0.25, 0.3) is 0 Å². The highest BCUT2D eigenvalue weighted by Gasteiger charge is 2.31. The number of rotatable bonds is 6. The number of hydrogen-bond acceptors (Lipinski definition) is 3. The highest BCUT2D eigenvalue weighted by Crippen LogP contribution is 2.40. The van der Waals surface area contributed by atoms with Crippen LogP contribution in [0.3, 0.4) is 0 Å². The van der Waals surface area contributed by atoms with Gasteiger partial charge in [-0.3, -0.25) is 5.32 Å². The molecular weight excluding hydrogens is 304 g/mol. The highest BCUT2D eigenvalue weighted by atomic mass is 16.5. The molecule has 2 heterocycles. The number of likely N-dealkylation sites (tertiary alicyclic amines) is 1. The van der Waals surface area contributed by atoms with Crippen LogP contribution in [0.15, 0.2) is 12.3 Å². The van der Waals surface area contributed by atoms with Gasteiger partial charge in [0.2, 0.25) is 0 Å². The molecule has 1 aromatic rings. The molecule has 2 fully saturated rings. The van der Waals surface area contributed by atoms with E-state index in [9.17, 15) is 4.79 Å². The van der Waals surface area contributed by atoms with Crippen LogP contribution in [0.4, 0.5) is 10.6 Å². The van der Waals surface area contributed by atoms with E-state index in [4.69, 9.17) is 4.74 Å². The molecule has 1 aliphatic carbocycles. The Labute approximate surface area is 144 Å². The van der Waals surface area contributed by atoms with Crippen molar-refractivity contribution in [1.29, 1.82) is 0 Å². The van der Waals surface area contributed by atoms with Gasteiger partial charge in [-0.05, 0) is 51.4 Å². The lowest BCUT2D eigenvalue weighted by molar-refractivity contribution is 0.0446. The molecule has 2 aliphatic rings. The maximum absolute atomic E-state index is 12.6. The van der Waals surface area contributed by atoms with Gasteiger partial charge in [0.15, 0.2) is 0 Å². The first-order chi connectivity index (χ1) is 11.7. The zero-order chi connectivity index (χ0) is 16.9. The molecule has 3 rings (SSSR count). The van der Waals surface area contributed by atoms with Crippen LogP contribution in [-0.2, 0) is 4.74 Å². The zero-order valence-corrected chi connectivity index (χ0v) is 14.9. The van der Waals surface area contributed by atoms with E-state index in [2.05, 4.69) is 24.3 Å². The van der Waals surface area contributed by atoms with Crippen molar-refractivity contribution in [3.05, 3.63) is 12.3 Å². The summed E-state index contributed by atoms with van der Waals surface area (Å²) in [6.07, 6.45) is 8.60. The van der Waals surface area contributed by atoms with E-state index >= 15 is 0 Å². The average Bonchev–Trinajstić information content (AvgIpc) is 3.37. The largest absolute Gasteiger partial charge is 0.378 e. The fourth-order valence-corrected chi connectivity index (χ4v) is 3.42. The zero-order valence-electron chi connectivity index (χ0n) is 14.9. The van der Waals surface area contributed by atoms with E-state index in [0.29, 0.717) is 18.1 Å². The summed E-state index contributed by atoms with van der Waals surface area (Å²) >= 11 is 0. The van der Waals surface area contributed by atoms with Crippen LogP contribution in [0.25, 0.3) is 0 Å². The molecule has 1 aromatic heterocycles. The van der Waals surface area contributed by atoms with Crippen LogP contribution < -0.4 is 5.32 Å². The molecule has 1 saturated heterocycles. The number of nitrogens with one attached hydrogen (secondary N) is 1. The fourth-order valence-electron chi connectivity index (χ4n) is 3.42. The number of hydrogen-bond donors (Lipinski definition) is 1. The van der Waals surface area contributed by atoms with Gasteiger partial charge in [0, 0.05) is 25.8 Å². The number of carbonyl (C=O) groups excluding carboxylic acids is 1. The van der Waals surface area contributed by atoms with Crippen molar-refractivity contribution in [3.8, 4) is 0 Å². The van der Waals surface area contributed by atoms with Crippen molar-refractivity contribution in [2.45, 2.75) is 64.5 Å². The topological polar surface area (TPSA) is 59.4 Å². The Hall–Kier alpha value is -1.56. The minimum Gasteiger partial charge on any atom is -0.378 e. The summed E-state index contributed by atoms with van der Waals surface area (Å²) in [5, 5.41) is 7.46. The standard InChI is InChI=1S/C18H30N4O2/c1-3-13-24-16-5-4-11-21(12-9-16)18(23)20-17-8-10-19-22(17)14(2)15-6-7-15/h8,10,14-16H,3-7,9,11-13H2,1-2H3,(H,20,23)/t14-,16-/m0/s1. The number of carbonyl (C=O) groups is 1. The smallest absolute Gasteiger partial charge is 0.323 e. The molecule has 0 spiro atoms. The SMILES string of the molecule is CCCO[C@H]1CCCN(C(=O)Nc2ccnn2[C@@H](C)C2CC2)CC1. The molecule has 134 valence electrons. The summed E-state index contributed by atoms with van der Waals surface area (Å²) < 4.78 is 7.82. The third kappa shape index (κ3) is 4.29. The van der Waals surface area contributed by atoms with Gasteiger partial charge in [0.1, 0.15) is 5.82 Å². The molecule has 24 heavy (non-hydrogen) atoms. The third-order valence-electron chi connectivity index (χ3n) is 5.12. The van der Waals surface area contributed by atoms with Crippen LogP contribution in [0.2, 0.25) is 0 Å². The molecule has 6 nitrogen and oxygen atoms in total. The second-order valence-electron chi connectivity index (χ2n) is 7.08. The number of anilines is 1. The fraction of sp³-hybridized carbons (Fsp3) is 0.778. The normalized spacial score (nSPS) is 22.9. The van der Waals surface area contributed by atoms with Crippen LogP contribution in [0.5, 0.6) is 0 Å². The molecule has 0 aromatic carbocycles. The minimum atomic E-state index is -0.0177. The summed E-state index contributed by atoms with van der Waals surface area (Å²) in [6, 6.07) is 2.23. The minimum absolute atomic E-state index is 0.0177. The lowest BCUT2D eigenvalue weighted by Gasteiger charge is -2.22. The third-order valence-corrected chi connectivity index (χ3v) is 5.12. The van der Waals surface area contributed by atoms with Crippen LogP contribution in [0, 0.1) is 5.92 Å². The van der Waals surface area contributed by atoms with Gasteiger partial charge in [-0.1, -0.05) is 6.92 Å². The molecule has 2 amide bonds. The van der Waals surface area contributed by atoms with E-state index < -0.39 is 0 Å². The van der Waals surface area contributed by atoms with Crippen molar-refractivity contribution < 1.29 is 9.53 Å². The average molecular weight is 334 g/mol. The van der Waals surface area contributed by atoms with Crippen LogP contribution >= 0.6 is 0 Å². The number of nitrogens with zero attached hydrogens (tertiary/aromatic N) is 3. The summed E-state index contributed by atoms with van der Waals surface area (Å²) in [5.41, 5.74) is 0. The molecule has 0 bridgehead atoms. The van der Waals surface area contributed by atoms with E-state index in [1.807, 2.05) is 15.6 Å². The first-order valence-corrected chi connectivity index (χ1v) is 9.40. The van der Waals surface area contributed by atoms with Crippen molar-refractivity contribution >= 4 is 11.8 Å². The van der Waals surface area contributed by atoms with E-state index in [1.165, 1.54) is 12.8 Å². The highest BCUT2D eigenvalue weighted by molar-refractivity contribution is 5.88. The molecule has 1 N–H and O–H groups in total. The summed E-state index contributed by atoms with van der Waals surface area (Å²) in [4.78, 5) is 14.5. The molecule has 1 saturated carbocycles. The van der Waals surface area contributed by atoms with Gasteiger partial charge in [-0.25, -0.2) is 9.48 Å². The maximum Gasteiger partial charge on any atom is 0.323 e. The van der Waals surface area contributed by atoms with Gasteiger partial charge < -0.3 is 9.64 Å². The van der Waals surface area contributed by atoms with E-state index in [1.54, 1.807) is 6.20 Å². The van der Waals surface area contributed by atoms with Gasteiger partial charge >= 0.3 is 6.03 Å². The Balaban J connectivity index is 1.54. The number of aromatic nitrogens is 2. The molecule has 6 heteroatoms. The van der Waals surface area contributed by atoms with Crippen molar-refractivity contribution in [2.24, 2.45) is 5.92 Å². The van der Waals surface area contributed by atoms with Crippen molar-refractivity contribution in [3.63, 3.8) is 0 Å². The first-order valence-electron chi connectivity index (χ1n) is 9.40. The van der Waals surface area contributed by atoms with Gasteiger partial charge in [-0.2, -0.15) is 5.10 Å². The number of amides is 2. The molecule has 2 atom stereocenters. The van der Waals surface area contributed by atoms with Gasteiger partial charge in [-0.15, -0.1) is 0 Å². The summed E-state index contributed by atoms with van der Waals surface area (Å²) in [6.45, 7) is 6.68. The molecule has 0 radical (unpaired) electrons. The summed E-state index contributed by atoms with van der Waals surface area (Å²) in [5.74, 6) is 1.51. The predicted molar refractivity (Wildman–Crippen MR) is 94.1 cm³/mol. The maximum atomic E-state index is 12.6. The van der Waals surface area contributed by atoms with E-state index in [-0.39, 0.29) is 6.03 Å². The quantitative estimate of drug-likeness (QED) is 0.863. The predicted octanol–water partition coefficient (Wildman–Crippen LogP) is 3.67. The lowest BCUT2D eigenvalue weighted by Crippen LogP contribution is -2.36. The Morgan fingerprint density at radius 2 is 2.21 bits per heavy atom. The Morgan fingerprint density at radius 1 is 1.38 bits per heavy atom. The number of urea groups is 1. The number of ether oxygens (including phenoxy) is 1. The Kier molecular flexibility index (Phi) is 5.76. The van der Waals surface area contributed by atoms with Gasteiger partial charge in [0.05, 0.1) is 18.3 Å². The molecule has 1 aliphatic heterocycles. The van der Waals surface area contributed by atoms with Crippen molar-refractivity contribution in [1.82, 2.24) is 14.7 Å². The van der Waals surface area contributed by atoms with Crippen LogP contribution in [-0.4, -0.2) is 46.5 Å². The first kappa shape index (κ1) is 17.3. The summed E-state index contributed by atoms with van der Waals surface area (Å²) in [7, 11) is 0. The van der Waals surface area contributed by atoms with E-state index in [0.717, 1.165) is 51.2 Å².